The number of fused-ring (bicyclic) bond motifs is 1. The topological polar surface area (TPSA) is 12.4 Å². The molecule has 1 aromatic rings. The van der Waals surface area contributed by atoms with Gasteiger partial charge in [-0.2, -0.15) is 0 Å². The summed E-state index contributed by atoms with van der Waals surface area (Å²) in [6.07, 6.45) is 6.46. The number of rotatable bonds is 0. The van der Waals surface area contributed by atoms with Crippen LogP contribution < -0.4 is 0 Å². The number of nitrogens with zero attached hydrogens (tertiary/aromatic N) is 1. The van der Waals surface area contributed by atoms with Gasteiger partial charge in [0.25, 0.3) is 0 Å². The van der Waals surface area contributed by atoms with Crippen molar-refractivity contribution in [2.24, 2.45) is 4.99 Å². The van der Waals surface area contributed by atoms with Gasteiger partial charge in [0.05, 0.1) is 4.83 Å². The molecule has 0 saturated carbocycles. The molecule has 0 amide bonds. The fourth-order valence-electron chi connectivity index (χ4n) is 3.19. The van der Waals surface area contributed by atoms with E-state index in [0.717, 1.165) is 35.2 Å². The largest absolute Gasteiger partial charge is 0.264 e. The number of halogens is 3. The summed E-state index contributed by atoms with van der Waals surface area (Å²) in [5, 5.41) is 0.809. The highest BCUT2D eigenvalue weighted by atomic mass is 79.9. The normalized spacial score (nSPS) is 25.8. The van der Waals surface area contributed by atoms with Crippen LogP contribution in [0.15, 0.2) is 32.9 Å². The molecule has 106 valence electrons. The molecule has 0 fully saturated rings. The Balaban J connectivity index is 2.10. The van der Waals surface area contributed by atoms with Crippen LogP contribution in [0.5, 0.6) is 0 Å². The van der Waals surface area contributed by atoms with Gasteiger partial charge in [-0.25, -0.2) is 0 Å². The van der Waals surface area contributed by atoms with Crippen LogP contribution >= 0.6 is 43.5 Å². The number of hydrogen-bond acceptors (Lipinski definition) is 1. The second kappa shape index (κ2) is 5.94. The van der Waals surface area contributed by atoms with Gasteiger partial charge < -0.3 is 0 Å². The highest BCUT2D eigenvalue weighted by Gasteiger charge is 2.26. The second-order valence-electron chi connectivity index (χ2n) is 5.50. The van der Waals surface area contributed by atoms with Gasteiger partial charge >= 0.3 is 0 Å². The Morgan fingerprint density at radius 3 is 2.85 bits per heavy atom. The Hall–Kier alpha value is -0.120. The van der Waals surface area contributed by atoms with Gasteiger partial charge in [-0.3, -0.25) is 4.99 Å². The van der Waals surface area contributed by atoms with E-state index in [0.29, 0.717) is 10.7 Å². The molecule has 2 aliphatic rings. The van der Waals surface area contributed by atoms with Crippen LogP contribution in [0.4, 0.5) is 0 Å². The molecular formula is C16H16Br2ClN. The lowest BCUT2D eigenvalue weighted by atomic mass is 9.93. The van der Waals surface area contributed by atoms with Gasteiger partial charge in [-0.15, -0.1) is 0 Å². The van der Waals surface area contributed by atoms with Crippen molar-refractivity contribution >= 4 is 49.7 Å². The predicted molar refractivity (Wildman–Crippen MR) is 93.4 cm³/mol. The number of aliphatic imine (C=N–C) groups is 1. The van der Waals surface area contributed by atoms with Gasteiger partial charge in [-0.1, -0.05) is 50.4 Å². The van der Waals surface area contributed by atoms with Crippen molar-refractivity contribution in [3.05, 3.63) is 44.0 Å². The average Bonchev–Trinajstić information content (AvgIpc) is 2.64. The van der Waals surface area contributed by atoms with Crippen LogP contribution in [-0.4, -0.2) is 11.0 Å². The first-order chi connectivity index (χ1) is 9.56. The SMILES string of the molecule is CC1C2=C(CCc3cc(Cl)cc(Br)c31)CCC(Br)C=N2. The van der Waals surface area contributed by atoms with Gasteiger partial charge in [0, 0.05) is 27.3 Å². The average molecular weight is 418 g/mol. The molecule has 0 saturated heterocycles. The maximum Gasteiger partial charge on any atom is 0.0501 e. The van der Waals surface area contributed by atoms with Gasteiger partial charge in [0.1, 0.15) is 0 Å². The molecule has 0 radical (unpaired) electrons. The van der Waals surface area contributed by atoms with E-state index in [4.69, 9.17) is 16.6 Å². The molecule has 0 spiro atoms. The monoisotopic (exact) mass is 415 g/mol. The first-order valence-corrected chi connectivity index (χ1v) is 9.03. The van der Waals surface area contributed by atoms with E-state index in [-0.39, 0.29) is 0 Å². The molecule has 1 nitrogen and oxygen atoms in total. The second-order valence-corrected chi connectivity index (χ2v) is 7.97. The lowest BCUT2D eigenvalue weighted by Gasteiger charge is -2.17. The van der Waals surface area contributed by atoms with E-state index >= 15 is 0 Å². The highest BCUT2D eigenvalue weighted by Crippen LogP contribution is 2.42. The lowest BCUT2D eigenvalue weighted by Crippen LogP contribution is -2.02. The first-order valence-electron chi connectivity index (χ1n) is 6.94. The smallest absolute Gasteiger partial charge is 0.0501 e. The molecule has 20 heavy (non-hydrogen) atoms. The number of allylic oxidation sites excluding steroid dienone is 2. The van der Waals surface area contributed by atoms with Gasteiger partial charge in [-0.05, 0) is 54.5 Å². The standard InChI is InChI=1S/C16H16Br2ClN/c1-9-15-11(6-13(19)7-14(15)18)3-2-10-4-5-12(17)8-20-16(9)10/h6-9,12H,2-5H2,1H3. The summed E-state index contributed by atoms with van der Waals surface area (Å²) in [5.41, 5.74) is 5.48. The Labute approximate surface area is 141 Å². The first kappa shape index (κ1) is 14.8. The number of hydrogen-bond donors (Lipinski definition) is 0. The molecule has 1 aliphatic heterocycles. The van der Waals surface area contributed by atoms with E-state index in [1.54, 1.807) is 0 Å². The molecule has 1 aliphatic carbocycles. The van der Waals surface area contributed by atoms with Crippen molar-refractivity contribution in [2.75, 3.05) is 0 Å². The Kier molecular flexibility index (Phi) is 4.40. The lowest BCUT2D eigenvalue weighted by molar-refractivity contribution is 0.794. The summed E-state index contributed by atoms with van der Waals surface area (Å²) in [7, 11) is 0. The molecule has 4 heteroatoms. The Bertz CT molecular complexity index is 607. The summed E-state index contributed by atoms with van der Waals surface area (Å²) < 4.78 is 1.11. The summed E-state index contributed by atoms with van der Waals surface area (Å²) in [6, 6.07) is 4.11. The fraction of sp³-hybridized carbons (Fsp3) is 0.438. The summed E-state index contributed by atoms with van der Waals surface area (Å²) >= 11 is 13.6. The molecule has 2 atom stereocenters. The fourth-order valence-corrected chi connectivity index (χ4v) is 4.75. The molecule has 1 heterocycles. The van der Waals surface area contributed by atoms with Gasteiger partial charge in [0.2, 0.25) is 0 Å². The van der Waals surface area contributed by atoms with Crippen LogP contribution in [0.1, 0.15) is 43.2 Å². The van der Waals surface area contributed by atoms with Crippen LogP contribution in [0.25, 0.3) is 0 Å². The third kappa shape index (κ3) is 2.77. The van der Waals surface area contributed by atoms with Crippen LogP contribution in [0.3, 0.4) is 0 Å². The Morgan fingerprint density at radius 1 is 1.25 bits per heavy atom. The van der Waals surface area contributed by atoms with Crippen LogP contribution in [0, 0.1) is 0 Å². The molecule has 0 aromatic heterocycles. The summed E-state index contributed by atoms with van der Waals surface area (Å²) in [6.45, 7) is 2.25. The zero-order valence-corrected chi connectivity index (χ0v) is 15.2. The van der Waals surface area contributed by atoms with Crippen molar-refractivity contribution in [3.63, 3.8) is 0 Å². The van der Waals surface area contributed by atoms with Gasteiger partial charge in [0.15, 0.2) is 0 Å². The highest BCUT2D eigenvalue weighted by molar-refractivity contribution is 9.10. The summed E-state index contributed by atoms with van der Waals surface area (Å²) in [4.78, 5) is 5.18. The number of alkyl halides is 1. The third-order valence-corrected chi connectivity index (χ3v) is 5.75. The molecule has 1 aromatic carbocycles. The molecule has 2 unspecified atom stereocenters. The minimum atomic E-state index is 0.322. The van der Waals surface area contributed by atoms with Crippen molar-refractivity contribution in [1.82, 2.24) is 0 Å². The molecule has 0 N–H and O–H groups in total. The van der Waals surface area contributed by atoms with E-state index in [2.05, 4.69) is 44.8 Å². The summed E-state index contributed by atoms with van der Waals surface area (Å²) in [5.74, 6) is 0.322. The molecule has 0 bridgehead atoms. The van der Waals surface area contributed by atoms with E-state index in [1.807, 2.05) is 12.3 Å². The maximum absolute atomic E-state index is 6.20. The maximum atomic E-state index is 6.20. The zero-order chi connectivity index (χ0) is 14.3. The minimum Gasteiger partial charge on any atom is -0.264 e. The Morgan fingerprint density at radius 2 is 2.05 bits per heavy atom. The van der Waals surface area contributed by atoms with E-state index in [1.165, 1.54) is 22.4 Å². The zero-order valence-electron chi connectivity index (χ0n) is 11.3. The minimum absolute atomic E-state index is 0.322. The quantitative estimate of drug-likeness (QED) is 0.457. The van der Waals surface area contributed by atoms with Crippen molar-refractivity contribution in [3.8, 4) is 0 Å². The van der Waals surface area contributed by atoms with Crippen LogP contribution in [0.2, 0.25) is 5.02 Å². The number of benzene rings is 1. The van der Waals surface area contributed by atoms with Crippen molar-refractivity contribution < 1.29 is 0 Å². The van der Waals surface area contributed by atoms with E-state index in [9.17, 15) is 0 Å². The van der Waals surface area contributed by atoms with Crippen LogP contribution in [-0.2, 0) is 6.42 Å². The van der Waals surface area contributed by atoms with Crippen molar-refractivity contribution in [1.29, 1.82) is 0 Å². The predicted octanol–water partition coefficient (Wildman–Crippen LogP) is 6.03. The van der Waals surface area contributed by atoms with Crippen molar-refractivity contribution in [2.45, 2.75) is 43.4 Å². The molecule has 3 rings (SSSR count). The molecular weight excluding hydrogens is 401 g/mol. The third-order valence-electron chi connectivity index (χ3n) is 4.18. The van der Waals surface area contributed by atoms with E-state index < -0.39 is 0 Å². The number of aryl methyl sites for hydroxylation is 1.